The first-order valence-corrected chi connectivity index (χ1v) is 33.1. The van der Waals surface area contributed by atoms with Crippen molar-refractivity contribution in [2.24, 2.45) is 62.1 Å². The summed E-state index contributed by atoms with van der Waals surface area (Å²) in [7, 11) is 0. The van der Waals surface area contributed by atoms with E-state index in [4.69, 9.17) is 34.4 Å². The van der Waals surface area contributed by atoms with Crippen molar-refractivity contribution >= 4 is 101 Å². The Labute approximate surface area is 581 Å². The van der Waals surface area contributed by atoms with Crippen molar-refractivity contribution in [3.05, 3.63) is 35.9 Å². The van der Waals surface area contributed by atoms with Crippen LogP contribution in [-0.2, 0) is 78.3 Å². The van der Waals surface area contributed by atoms with Gasteiger partial charge in [-0.05, 0) is 89.0 Å². The van der Waals surface area contributed by atoms with Crippen LogP contribution < -0.4 is 98.2 Å². The first kappa shape index (κ1) is 87.8. The van der Waals surface area contributed by atoms with E-state index in [2.05, 4.69) is 73.8 Å². The van der Waals surface area contributed by atoms with Gasteiger partial charge in [-0.3, -0.25) is 77.1 Å². The fourth-order valence-corrected chi connectivity index (χ4v) is 9.49. The van der Waals surface area contributed by atoms with Gasteiger partial charge in [0.15, 0.2) is 11.9 Å². The molecule has 0 aliphatic heterocycles. The predicted molar refractivity (Wildman–Crippen MR) is 366 cm³/mol. The Morgan fingerprint density at radius 2 is 0.850 bits per heavy atom. The number of nitrogens with one attached hydrogen (secondary N) is 12. The van der Waals surface area contributed by atoms with Gasteiger partial charge >= 0.3 is 11.9 Å². The summed E-state index contributed by atoms with van der Waals surface area (Å²) in [5, 5.41) is 49.1. The summed E-state index contributed by atoms with van der Waals surface area (Å²) < 4.78 is 0. The monoisotopic (exact) mass is 1410 g/mol. The lowest BCUT2D eigenvalue weighted by molar-refractivity contribution is -0.143. The Balaban J connectivity index is 3.51. The summed E-state index contributed by atoms with van der Waals surface area (Å²) in [6, 6.07) is -8.34. The minimum absolute atomic E-state index is 0.0414. The van der Waals surface area contributed by atoms with E-state index in [1.807, 2.05) is 0 Å². The predicted octanol–water partition coefficient (Wildman–Crippen LogP) is -5.45. The number of hydrogen-bond donors (Lipinski definition) is 20. The first-order valence-electron chi connectivity index (χ1n) is 33.1. The number of nitrogens with zero attached hydrogens (tertiary/aromatic N) is 2. The third kappa shape index (κ3) is 33.8. The molecule has 0 saturated heterocycles. The molecule has 14 atom stereocenters. The van der Waals surface area contributed by atoms with Gasteiger partial charge < -0.3 is 108 Å². The van der Waals surface area contributed by atoms with Gasteiger partial charge in [-0.15, -0.1) is 0 Å². The van der Waals surface area contributed by atoms with Gasteiger partial charge in [-0.25, -0.2) is 4.79 Å². The lowest BCUT2D eigenvalue weighted by Gasteiger charge is -2.29. The Morgan fingerprint density at radius 3 is 1.30 bits per heavy atom. The molecule has 1 aromatic rings. The normalized spacial score (nSPS) is 15.2. The SMILES string of the molecule is CCC(NC(=O)[C@H](CCC(N)=O)NC(=O)[C@H](C)NC(=O)[C@@H](NC(=O)[C@H](C)N)[C@@H](C)CC)C(=O)N[C@@H](CC(C)C)C(=O)N[C@@H](CCCN=C(N)N)C(=O)N[C@@H](CCCN=C(N)N)C(=O)N[C@H](C(=O)NCC(=O)N[C@@H](CC(=O)O)C(=O)N[C@@H](C)C(=O)N[C@@H](Cc1ccccc1)C(=O)O)[C@@H](C)CC. The van der Waals surface area contributed by atoms with E-state index >= 15 is 0 Å². The smallest absolute Gasteiger partial charge is 0.326 e. The molecule has 13 amide bonds. The topological polar surface area (TPSA) is 622 Å². The quantitative estimate of drug-likeness (QED) is 0.0164. The number of aliphatic carboxylic acids is 2. The zero-order valence-electron chi connectivity index (χ0n) is 58.5. The Morgan fingerprint density at radius 1 is 0.440 bits per heavy atom. The van der Waals surface area contributed by atoms with Crippen molar-refractivity contribution in [3.63, 3.8) is 0 Å². The van der Waals surface area contributed by atoms with Crippen LogP contribution in [0.5, 0.6) is 0 Å². The average Bonchev–Trinajstić information content (AvgIpc) is 0.873. The number of carboxylic acid groups (broad SMARTS) is 2. The number of amides is 13. The van der Waals surface area contributed by atoms with Crippen LogP contribution in [0.4, 0.5) is 0 Å². The summed E-state index contributed by atoms with van der Waals surface area (Å²) in [6.07, 6.45) is -1.54. The number of rotatable bonds is 47. The van der Waals surface area contributed by atoms with Crippen LogP contribution >= 0.6 is 0 Å². The second-order valence-electron chi connectivity index (χ2n) is 24.8. The lowest BCUT2D eigenvalue weighted by atomic mass is 9.97. The molecule has 37 heteroatoms. The third-order valence-corrected chi connectivity index (χ3v) is 15.7. The second-order valence-corrected chi connectivity index (χ2v) is 24.8. The Hall–Kier alpha value is -10.2. The number of hydrogen-bond acceptors (Lipinski definition) is 18. The molecule has 560 valence electrons. The molecule has 0 aliphatic rings. The molecule has 37 nitrogen and oxygen atoms in total. The number of carbonyl (C=O) groups excluding carboxylic acids is 13. The summed E-state index contributed by atoms with van der Waals surface area (Å²) in [5.41, 5.74) is 33.9. The van der Waals surface area contributed by atoms with Gasteiger partial charge in [0.05, 0.1) is 19.0 Å². The van der Waals surface area contributed by atoms with E-state index in [1.54, 1.807) is 71.9 Å². The molecule has 0 aromatic heterocycles. The van der Waals surface area contributed by atoms with Crippen LogP contribution in [0, 0.1) is 17.8 Å². The van der Waals surface area contributed by atoms with Crippen molar-refractivity contribution in [3.8, 4) is 0 Å². The van der Waals surface area contributed by atoms with E-state index in [0.717, 1.165) is 0 Å². The van der Waals surface area contributed by atoms with Crippen molar-refractivity contribution < 1.29 is 82.1 Å². The van der Waals surface area contributed by atoms with Gasteiger partial charge in [0.1, 0.15) is 66.5 Å². The minimum Gasteiger partial charge on any atom is -0.481 e. The third-order valence-electron chi connectivity index (χ3n) is 15.7. The van der Waals surface area contributed by atoms with Crippen LogP contribution in [0.15, 0.2) is 40.3 Å². The molecule has 1 aromatic carbocycles. The molecule has 0 spiro atoms. The fourth-order valence-electron chi connectivity index (χ4n) is 9.49. The number of primary amides is 1. The minimum atomic E-state index is -1.82. The average molecular weight is 1420 g/mol. The van der Waals surface area contributed by atoms with Gasteiger partial charge in [0.25, 0.3) is 0 Å². The summed E-state index contributed by atoms with van der Waals surface area (Å²) in [4.78, 5) is 208. The number of guanidine groups is 2. The van der Waals surface area contributed by atoms with Gasteiger partial charge in [0.2, 0.25) is 76.8 Å². The highest BCUT2D eigenvalue weighted by Crippen LogP contribution is 2.14. The fraction of sp³-hybridized carbons (Fsp3) is 0.635. The van der Waals surface area contributed by atoms with E-state index in [-0.39, 0.29) is 88.7 Å². The van der Waals surface area contributed by atoms with Gasteiger partial charge in [-0.2, -0.15) is 0 Å². The maximum absolute atomic E-state index is 14.6. The van der Waals surface area contributed by atoms with E-state index in [0.29, 0.717) is 12.0 Å². The molecule has 0 aliphatic carbocycles. The molecule has 0 bridgehead atoms. The maximum atomic E-state index is 14.6. The molecule has 0 fully saturated rings. The maximum Gasteiger partial charge on any atom is 0.326 e. The first-order chi connectivity index (χ1) is 46.8. The molecular weight excluding hydrogens is 1310 g/mol. The lowest BCUT2D eigenvalue weighted by Crippen LogP contribution is -2.60. The summed E-state index contributed by atoms with van der Waals surface area (Å²) in [5.74, 6) is -16.6. The summed E-state index contributed by atoms with van der Waals surface area (Å²) in [6.45, 7) is 14.7. The highest BCUT2D eigenvalue weighted by molar-refractivity contribution is 6.00. The number of carbonyl (C=O) groups is 15. The number of aliphatic imine (C=N–C) groups is 2. The highest BCUT2D eigenvalue weighted by atomic mass is 16.4. The second kappa shape index (κ2) is 45.4. The van der Waals surface area contributed by atoms with Crippen LogP contribution in [0.25, 0.3) is 0 Å². The van der Waals surface area contributed by atoms with Crippen molar-refractivity contribution in [2.75, 3.05) is 19.6 Å². The molecule has 1 unspecified atom stereocenters. The van der Waals surface area contributed by atoms with Crippen molar-refractivity contribution in [1.29, 1.82) is 0 Å². The summed E-state index contributed by atoms with van der Waals surface area (Å²) >= 11 is 0. The van der Waals surface area contributed by atoms with Crippen LogP contribution in [0.2, 0.25) is 0 Å². The molecule has 0 radical (unpaired) electrons. The molecular formula is C63H106N20O17. The Bertz CT molecular complexity index is 3020. The molecule has 26 N–H and O–H groups in total. The zero-order valence-corrected chi connectivity index (χ0v) is 58.5. The number of carboxylic acids is 2. The largest absolute Gasteiger partial charge is 0.481 e. The van der Waals surface area contributed by atoms with Crippen molar-refractivity contribution in [1.82, 2.24) is 63.8 Å². The number of benzene rings is 1. The molecule has 100 heavy (non-hydrogen) atoms. The molecule has 0 saturated carbocycles. The van der Waals surface area contributed by atoms with Crippen LogP contribution in [-0.4, -0.2) is 203 Å². The highest BCUT2D eigenvalue weighted by Gasteiger charge is 2.37. The van der Waals surface area contributed by atoms with E-state index < -0.39 is 192 Å². The van der Waals surface area contributed by atoms with Crippen LogP contribution in [0.3, 0.4) is 0 Å². The van der Waals surface area contributed by atoms with E-state index in [9.17, 15) is 82.1 Å². The van der Waals surface area contributed by atoms with E-state index in [1.165, 1.54) is 27.7 Å². The van der Waals surface area contributed by atoms with Crippen molar-refractivity contribution in [2.45, 2.75) is 219 Å². The zero-order chi connectivity index (χ0) is 76.1. The molecule has 1 rings (SSSR count). The van der Waals surface area contributed by atoms with Gasteiger partial charge in [0, 0.05) is 25.9 Å². The van der Waals surface area contributed by atoms with Crippen LogP contribution in [0.1, 0.15) is 145 Å². The standard InChI is InChI=1S/C63H106N20O17/c1-11-32(6)48(59(97)72-30-46(85)75-43(29-47(86)87)57(95)73-35(9)52(90)81-44(61(99)100)28-37-19-15-14-16-20-37)83-56(94)40(22-18-26-71-63(68)69)78-54(92)39(21-17-25-70-62(66)67)79-58(96)42(27-31(4)5)80-53(91)38(13-3)76-55(93)41(23-24-45(65)84)77-51(89)36(10)74-60(98)49(33(7)12-2)82-50(88)34(8)64/h14-16,19-20,31-36,38-44,48-49H,11-13,17-18,21-30,64H2,1-10H3,(H2,65,84)(H,72,97)(H,73,95)(H,74,98)(H,75,85)(H,76,93)(H,77,89)(H,78,92)(H,79,96)(H,80,91)(H,81,90)(H,82,88)(H,83,94)(H,86,87)(H,99,100)(H4,66,67,70)(H4,68,69,71)/t32-,33-,34-,35-,36-,38?,39-,40-,41-,42-,43-,44-,48-,49-/m0/s1. The number of nitrogens with two attached hydrogens (primary N) is 6. The molecule has 0 heterocycles. The Kier molecular flexibility index (Phi) is 39.8. The van der Waals surface area contributed by atoms with Gasteiger partial charge in [-0.1, -0.05) is 91.6 Å².